The van der Waals surface area contributed by atoms with Crippen LogP contribution in [-0.2, 0) is 0 Å². The molecule has 98 valence electrons. The number of nitrogens with one attached hydrogen (secondary N) is 1. The Bertz CT molecular complexity index is 155. The van der Waals surface area contributed by atoms with E-state index >= 15 is 0 Å². The average molecular weight is 229 g/mol. The van der Waals surface area contributed by atoms with Gasteiger partial charge in [0.15, 0.2) is 0 Å². The van der Waals surface area contributed by atoms with Crippen LogP contribution in [0.4, 0.5) is 0 Å². The van der Waals surface area contributed by atoms with Crippen molar-refractivity contribution in [3.05, 3.63) is 0 Å². The van der Waals surface area contributed by atoms with Crippen molar-refractivity contribution in [2.24, 2.45) is 0 Å². The molecular weight excluding hydrogens is 198 g/mol. The Balaban J connectivity index is 3.42. The normalized spacial score (nSPS) is 15.4. The van der Waals surface area contributed by atoms with E-state index < -0.39 is 5.60 Å². The Morgan fingerprint density at radius 2 is 1.62 bits per heavy atom. The molecule has 0 aromatic carbocycles. The molecule has 16 heavy (non-hydrogen) atoms. The van der Waals surface area contributed by atoms with E-state index in [-0.39, 0.29) is 0 Å². The fourth-order valence-electron chi connectivity index (χ4n) is 1.80. The molecule has 0 aromatic rings. The van der Waals surface area contributed by atoms with Gasteiger partial charge in [-0.15, -0.1) is 0 Å². The number of hydrogen-bond donors (Lipinski definition) is 2. The summed E-state index contributed by atoms with van der Waals surface area (Å²) in [6.45, 7) is 9.11. The summed E-state index contributed by atoms with van der Waals surface area (Å²) in [5, 5.41) is 13.4. The van der Waals surface area contributed by atoms with Crippen LogP contribution in [0.3, 0.4) is 0 Å². The lowest BCUT2D eigenvalue weighted by Gasteiger charge is -2.25. The van der Waals surface area contributed by atoms with Crippen LogP contribution in [0, 0.1) is 0 Å². The molecule has 0 amide bonds. The van der Waals surface area contributed by atoms with E-state index in [1.807, 2.05) is 6.92 Å². The lowest BCUT2D eigenvalue weighted by molar-refractivity contribution is 0.0462. The van der Waals surface area contributed by atoms with Crippen molar-refractivity contribution < 1.29 is 5.11 Å². The molecule has 0 fully saturated rings. The zero-order chi connectivity index (χ0) is 12.4. The Morgan fingerprint density at radius 3 is 2.19 bits per heavy atom. The van der Waals surface area contributed by atoms with Gasteiger partial charge in [0.25, 0.3) is 0 Å². The van der Waals surface area contributed by atoms with Crippen LogP contribution in [0.5, 0.6) is 0 Å². The lowest BCUT2D eigenvalue weighted by Crippen LogP contribution is -2.40. The van der Waals surface area contributed by atoms with Gasteiger partial charge in [0, 0.05) is 12.6 Å². The van der Waals surface area contributed by atoms with Crippen molar-refractivity contribution in [2.75, 3.05) is 6.54 Å². The maximum Gasteiger partial charge on any atom is 0.0743 e. The summed E-state index contributed by atoms with van der Waals surface area (Å²) < 4.78 is 0. The van der Waals surface area contributed by atoms with Gasteiger partial charge in [-0.2, -0.15) is 0 Å². The van der Waals surface area contributed by atoms with Crippen molar-refractivity contribution in [2.45, 2.75) is 84.3 Å². The van der Waals surface area contributed by atoms with E-state index in [1.165, 1.54) is 32.1 Å². The molecule has 1 unspecified atom stereocenters. The van der Waals surface area contributed by atoms with E-state index in [0.29, 0.717) is 12.6 Å². The van der Waals surface area contributed by atoms with Crippen LogP contribution in [0.2, 0.25) is 0 Å². The highest BCUT2D eigenvalue weighted by Crippen LogP contribution is 2.15. The van der Waals surface area contributed by atoms with Crippen LogP contribution >= 0.6 is 0 Å². The molecule has 0 saturated carbocycles. The fraction of sp³-hybridized carbons (Fsp3) is 1.00. The van der Waals surface area contributed by atoms with Gasteiger partial charge in [0.2, 0.25) is 0 Å². The smallest absolute Gasteiger partial charge is 0.0743 e. The predicted octanol–water partition coefficient (Wildman–Crippen LogP) is 3.49. The van der Waals surface area contributed by atoms with Crippen LogP contribution in [0.15, 0.2) is 0 Å². The van der Waals surface area contributed by atoms with Crippen LogP contribution < -0.4 is 5.32 Å². The summed E-state index contributed by atoms with van der Waals surface area (Å²) in [7, 11) is 0. The highest BCUT2D eigenvalue weighted by Gasteiger charge is 2.19. The second kappa shape index (κ2) is 9.00. The summed E-state index contributed by atoms with van der Waals surface area (Å²) in [5.74, 6) is 0. The Kier molecular flexibility index (Phi) is 8.96. The van der Waals surface area contributed by atoms with Crippen molar-refractivity contribution >= 4 is 0 Å². The van der Waals surface area contributed by atoms with Gasteiger partial charge in [-0.05, 0) is 13.3 Å². The fourth-order valence-corrected chi connectivity index (χ4v) is 1.80. The third-order valence-electron chi connectivity index (χ3n) is 2.96. The molecule has 0 heterocycles. The maximum atomic E-state index is 10.1. The third kappa shape index (κ3) is 10.4. The monoisotopic (exact) mass is 229 g/mol. The SMILES string of the molecule is CCCCCCCCC(C)(O)CNC(C)C. The summed E-state index contributed by atoms with van der Waals surface area (Å²) in [4.78, 5) is 0. The van der Waals surface area contributed by atoms with Crippen molar-refractivity contribution in [1.29, 1.82) is 0 Å². The maximum absolute atomic E-state index is 10.1. The second-order valence-electron chi connectivity index (χ2n) is 5.55. The van der Waals surface area contributed by atoms with Crippen molar-refractivity contribution in [1.82, 2.24) is 5.32 Å². The Morgan fingerprint density at radius 1 is 1.06 bits per heavy atom. The highest BCUT2D eigenvalue weighted by atomic mass is 16.3. The first-order valence-corrected chi connectivity index (χ1v) is 6.93. The first kappa shape index (κ1) is 15.9. The van der Waals surface area contributed by atoms with Gasteiger partial charge in [-0.1, -0.05) is 59.3 Å². The minimum atomic E-state index is -0.533. The molecule has 0 aliphatic rings. The molecule has 0 spiro atoms. The molecule has 0 aromatic heterocycles. The summed E-state index contributed by atoms with van der Waals surface area (Å²) in [5.41, 5.74) is -0.533. The predicted molar refractivity (Wildman–Crippen MR) is 71.8 cm³/mol. The number of unbranched alkanes of at least 4 members (excludes halogenated alkanes) is 5. The molecule has 0 radical (unpaired) electrons. The van der Waals surface area contributed by atoms with E-state index in [1.54, 1.807) is 0 Å². The number of hydrogen-bond acceptors (Lipinski definition) is 2. The van der Waals surface area contributed by atoms with Gasteiger partial charge in [0.05, 0.1) is 5.60 Å². The van der Waals surface area contributed by atoms with Gasteiger partial charge in [-0.25, -0.2) is 0 Å². The summed E-state index contributed by atoms with van der Waals surface area (Å²) >= 11 is 0. The van der Waals surface area contributed by atoms with Gasteiger partial charge < -0.3 is 10.4 Å². The van der Waals surface area contributed by atoms with E-state index in [0.717, 1.165) is 12.8 Å². The standard InChI is InChI=1S/C14H31NO/c1-5-6-7-8-9-10-11-14(4,16)12-15-13(2)3/h13,15-16H,5-12H2,1-4H3. The minimum absolute atomic E-state index is 0.455. The van der Waals surface area contributed by atoms with Gasteiger partial charge in [-0.3, -0.25) is 0 Å². The first-order chi connectivity index (χ1) is 7.48. The van der Waals surface area contributed by atoms with E-state index in [4.69, 9.17) is 0 Å². The molecule has 2 heteroatoms. The molecule has 0 saturated heterocycles. The Hall–Kier alpha value is -0.0800. The van der Waals surface area contributed by atoms with E-state index in [2.05, 4.69) is 26.1 Å². The van der Waals surface area contributed by atoms with E-state index in [9.17, 15) is 5.11 Å². The third-order valence-corrected chi connectivity index (χ3v) is 2.96. The van der Waals surface area contributed by atoms with Gasteiger partial charge >= 0.3 is 0 Å². The van der Waals surface area contributed by atoms with Crippen molar-refractivity contribution in [3.8, 4) is 0 Å². The van der Waals surface area contributed by atoms with Gasteiger partial charge in [0.1, 0.15) is 0 Å². The van der Waals surface area contributed by atoms with Crippen LogP contribution in [-0.4, -0.2) is 23.3 Å². The van der Waals surface area contributed by atoms with Crippen LogP contribution in [0.1, 0.15) is 72.6 Å². The molecule has 0 rings (SSSR count). The molecule has 0 aliphatic heterocycles. The summed E-state index contributed by atoms with van der Waals surface area (Å²) in [6.07, 6.45) is 8.65. The average Bonchev–Trinajstić information content (AvgIpc) is 2.21. The quantitative estimate of drug-likeness (QED) is 0.562. The molecule has 0 aliphatic carbocycles. The molecule has 2 N–H and O–H groups in total. The largest absolute Gasteiger partial charge is 0.389 e. The lowest BCUT2D eigenvalue weighted by atomic mass is 9.97. The molecule has 1 atom stereocenters. The number of rotatable bonds is 10. The topological polar surface area (TPSA) is 32.3 Å². The first-order valence-electron chi connectivity index (χ1n) is 6.93. The molecule has 0 bridgehead atoms. The number of aliphatic hydroxyl groups is 1. The zero-order valence-corrected chi connectivity index (χ0v) is 11.7. The van der Waals surface area contributed by atoms with Crippen molar-refractivity contribution in [3.63, 3.8) is 0 Å². The molecular formula is C14H31NO. The zero-order valence-electron chi connectivity index (χ0n) is 11.7. The highest BCUT2D eigenvalue weighted by molar-refractivity contribution is 4.76. The minimum Gasteiger partial charge on any atom is -0.389 e. The second-order valence-corrected chi connectivity index (χ2v) is 5.55. The van der Waals surface area contributed by atoms with Crippen LogP contribution in [0.25, 0.3) is 0 Å². The Labute approximate surface area is 102 Å². The summed E-state index contributed by atoms with van der Waals surface area (Å²) in [6, 6.07) is 0.455. The molecule has 2 nitrogen and oxygen atoms in total.